The van der Waals surface area contributed by atoms with Crippen molar-refractivity contribution in [2.75, 3.05) is 18.2 Å². The number of ether oxygens (including phenoxy) is 1. The van der Waals surface area contributed by atoms with Crippen molar-refractivity contribution in [1.29, 1.82) is 0 Å². The standard InChI is InChI=1S/C13H16N4O2S/c1-8(19-2)12-16-17-13(20-12)15-11(18)7-9-3-5-10(14)6-4-9/h3-6,8H,7,14H2,1-2H3,(H,15,17,18). The molecule has 1 atom stereocenters. The quantitative estimate of drug-likeness (QED) is 0.823. The Morgan fingerprint density at radius 1 is 1.40 bits per heavy atom. The molecule has 0 aliphatic heterocycles. The van der Waals surface area contributed by atoms with Crippen LogP contribution in [-0.2, 0) is 16.0 Å². The Hall–Kier alpha value is -1.99. The zero-order chi connectivity index (χ0) is 14.5. The minimum atomic E-state index is -0.137. The number of benzene rings is 1. The summed E-state index contributed by atoms with van der Waals surface area (Å²) in [5.41, 5.74) is 7.17. The number of nitrogen functional groups attached to an aromatic ring is 1. The summed E-state index contributed by atoms with van der Waals surface area (Å²) in [6.07, 6.45) is 0.143. The molecule has 0 fully saturated rings. The van der Waals surface area contributed by atoms with Crippen LogP contribution in [0.1, 0.15) is 23.6 Å². The summed E-state index contributed by atoms with van der Waals surface area (Å²) < 4.78 is 5.14. The summed E-state index contributed by atoms with van der Waals surface area (Å²) in [7, 11) is 1.60. The van der Waals surface area contributed by atoms with E-state index < -0.39 is 0 Å². The van der Waals surface area contributed by atoms with E-state index in [1.165, 1.54) is 11.3 Å². The Morgan fingerprint density at radius 2 is 2.10 bits per heavy atom. The third-order valence-electron chi connectivity index (χ3n) is 2.73. The van der Waals surface area contributed by atoms with Crippen LogP contribution in [0.5, 0.6) is 0 Å². The van der Waals surface area contributed by atoms with Crippen LogP contribution in [0.2, 0.25) is 0 Å². The summed E-state index contributed by atoms with van der Waals surface area (Å²) in [6.45, 7) is 1.88. The number of aromatic nitrogens is 2. The summed E-state index contributed by atoms with van der Waals surface area (Å²) in [6, 6.07) is 7.19. The predicted octanol–water partition coefficient (Wildman–Crippen LogP) is 2.01. The maximum atomic E-state index is 11.9. The van der Waals surface area contributed by atoms with Gasteiger partial charge in [0, 0.05) is 12.8 Å². The van der Waals surface area contributed by atoms with Crippen molar-refractivity contribution < 1.29 is 9.53 Å². The first-order valence-corrected chi connectivity index (χ1v) is 6.90. The highest BCUT2D eigenvalue weighted by Crippen LogP contribution is 2.23. The van der Waals surface area contributed by atoms with Gasteiger partial charge in [-0.05, 0) is 24.6 Å². The van der Waals surface area contributed by atoms with Gasteiger partial charge in [0.25, 0.3) is 0 Å². The van der Waals surface area contributed by atoms with Crippen LogP contribution in [0.3, 0.4) is 0 Å². The molecule has 1 amide bonds. The zero-order valence-electron chi connectivity index (χ0n) is 11.3. The Bertz CT molecular complexity index is 582. The lowest BCUT2D eigenvalue weighted by molar-refractivity contribution is -0.115. The third-order valence-corrected chi connectivity index (χ3v) is 3.73. The molecule has 0 spiro atoms. The Kier molecular flexibility index (Phi) is 4.65. The van der Waals surface area contributed by atoms with Crippen LogP contribution < -0.4 is 11.1 Å². The van der Waals surface area contributed by atoms with Crippen molar-refractivity contribution in [3.63, 3.8) is 0 Å². The molecule has 0 saturated carbocycles. The van der Waals surface area contributed by atoms with Crippen LogP contribution in [0.25, 0.3) is 0 Å². The molecule has 0 aliphatic rings. The number of nitrogens with zero attached hydrogens (tertiary/aromatic N) is 2. The van der Waals surface area contributed by atoms with E-state index in [4.69, 9.17) is 10.5 Å². The van der Waals surface area contributed by atoms with E-state index in [1.807, 2.05) is 19.1 Å². The average Bonchev–Trinajstić information content (AvgIpc) is 2.89. The second-order valence-electron chi connectivity index (χ2n) is 4.29. The van der Waals surface area contributed by atoms with Crippen molar-refractivity contribution in [3.8, 4) is 0 Å². The van der Waals surface area contributed by atoms with Crippen molar-refractivity contribution in [3.05, 3.63) is 34.8 Å². The monoisotopic (exact) mass is 292 g/mol. The maximum absolute atomic E-state index is 11.9. The van der Waals surface area contributed by atoms with Crippen molar-refractivity contribution >= 4 is 28.1 Å². The number of amides is 1. The van der Waals surface area contributed by atoms with E-state index >= 15 is 0 Å². The smallest absolute Gasteiger partial charge is 0.230 e. The van der Waals surface area contributed by atoms with Gasteiger partial charge in [0.15, 0.2) is 0 Å². The molecule has 0 radical (unpaired) electrons. The molecule has 0 saturated heterocycles. The van der Waals surface area contributed by atoms with Gasteiger partial charge in [-0.15, -0.1) is 10.2 Å². The average molecular weight is 292 g/mol. The van der Waals surface area contributed by atoms with Crippen molar-refractivity contribution in [2.24, 2.45) is 0 Å². The fourth-order valence-corrected chi connectivity index (χ4v) is 2.32. The molecule has 106 valence electrons. The van der Waals surface area contributed by atoms with E-state index in [2.05, 4.69) is 15.5 Å². The number of carbonyl (C=O) groups is 1. The highest BCUT2D eigenvalue weighted by atomic mass is 32.1. The molecule has 7 heteroatoms. The number of hydrogen-bond donors (Lipinski definition) is 2. The van der Waals surface area contributed by atoms with Gasteiger partial charge < -0.3 is 15.8 Å². The van der Waals surface area contributed by atoms with Gasteiger partial charge in [-0.1, -0.05) is 23.5 Å². The molecule has 2 rings (SSSR count). The molecule has 1 aromatic carbocycles. The Labute approximate surface area is 121 Å². The summed E-state index contributed by atoms with van der Waals surface area (Å²) in [5.74, 6) is -0.137. The minimum absolute atomic E-state index is 0.129. The summed E-state index contributed by atoms with van der Waals surface area (Å²) in [4.78, 5) is 11.9. The van der Waals surface area contributed by atoms with E-state index in [0.717, 1.165) is 10.6 Å². The van der Waals surface area contributed by atoms with Gasteiger partial charge in [0.2, 0.25) is 11.0 Å². The maximum Gasteiger partial charge on any atom is 0.230 e. The first-order chi connectivity index (χ1) is 9.58. The topological polar surface area (TPSA) is 90.1 Å². The number of methoxy groups -OCH3 is 1. The minimum Gasteiger partial charge on any atom is -0.399 e. The molecule has 20 heavy (non-hydrogen) atoms. The molecule has 0 bridgehead atoms. The zero-order valence-corrected chi connectivity index (χ0v) is 12.1. The van der Waals surface area contributed by atoms with Crippen molar-refractivity contribution in [2.45, 2.75) is 19.4 Å². The molecular formula is C13H16N4O2S. The van der Waals surface area contributed by atoms with E-state index in [0.29, 0.717) is 10.8 Å². The molecule has 2 aromatic rings. The lowest BCUT2D eigenvalue weighted by Crippen LogP contribution is -2.14. The van der Waals surface area contributed by atoms with Gasteiger partial charge in [-0.2, -0.15) is 0 Å². The molecule has 1 aromatic heterocycles. The lowest BCUT2D eigenvalue weighted by atomic mass is 10.1. The molecule has 1 unspecified atom stereocenters. The SMILES string of the molecule is COC(C)c1nnc(NC(=O)Cc2ccc(N)cc2)s1. The number of carbonyl (C=O) groups excluding carboxylic acids is 1. The van der Waals surface area contributed by atoms with E-state index in [1.54, 1.807) is 19.2 Å². The van der Waals surface area contributed by atoms with Gasteiger partial charge in [-0.25, -0.2) is 0 Å². The van der Waals surface area contributed by atoms with Gasteiger partial charge in [0.05, 0.1) is 6.42 Å². The normalized spacial score (nSPS) is 12.1. The van der Waals surface area contributed by atoms with E-state index in [-0.39, 0.29) is 18.4 Å². The van der Waals surface area contributed by atoms with Crippen LogP contribution in [-0.4, -0.2) is 23.2 Å². The van der Waals surface area contributed by atoms with Crippen molar-refractivity contribution in [1.82, 2.24) is 10.2 Å². The number of nitrogens with one attached hydrogen (secondary N) is 1. The Balaban J connectivity index is 1.94. The van der Waals surface area contributed by atoms with E-state index in [9.17, 15) is 4.79 Å². The molecule has 1 heterocycles. The number of hydrogen-bond acceptors (Lipinski definition) is 6. The highest BCUT2D eigenvalue weighted by Gasteiger charge is 2.13. The summed E-state index contributed by atoms with van der Waals surface area (Å²) in [5, 5.41) is 11.8. The molecular weight excluding hydrogens is 276 g/mol. The second-order valence-corrected chi connectivity index (χ2v) is 5.30. The predicted molar refractivity (Wildman–Crippen MR) is 78.5 cm³/mol. The number of nitrogens with two attached hydrogens (primary N) is 1. The van der Waals surface area contributed by atoms with Gasteiger partial charge in [0.1, 0.15) is 11.1 Å². The van der Waals surface area contributed by atoms with Crippen LogP contribution >= 0.6 is 11.3 Å². The third kappa shape index (κ3) is 3.75. The highest BCUT2D eigenvalue weighted by molar-refractivity contribution is 7.15. The first-order valence-electron chi connectivity index (χ1n) is 6.09. The fourth-order valence-electron chi connectivity index (χ4n) is 1.53. The first kappa shape index (κ1) is 14.4. The largest absolute Gasteiger partial charge is 0.399 e. The van der Waals surface area contributed by atoms with Crippen LogP contribution in [0, 0.1) is 0 Å². The number of rotatable bonds is 5. The number of anilines is 2. The Morgan fingerprint density at radius 3 is 2.75 bits per heavy atom. The molecule has 3 N–H and O–H groups in total. The fraction of sp³-hybridized carbons (Fsp3) is 0.308. The van der Waals surface area contributed by atoms with Crippen LogP contribution in [0.15, 0.2) is 24.3 Å². The van der Waals surface area contributed by atoms with Gasteiger partial charge in [-0.3, -0.25) is 4.79 Å². The summed E-state index contributed by atoms with van der Waals surface area (Å²) >= 11 is 1.31. The lowest BCUT2D eigenvalue weighted by Gasteiger charge is -2.03. The van der Waals surface area contributed by atoms with Gasteiger partial charge >= 0.3 is 0 Å². The molecule has 0 aliphatic carbocycles. The second kappa shape index (κ2) is 6.44. The molecule has 6 nitrogen and oxygen atoms in total. The van der Waals surface area contributed by atoms with Crippen LogP contribution in [0.4, 0.5) is 10.8 Å².